The lowest BCUT2D eigenvalue weighted by Crippen LogP contribution is -2.22. The molecule has 0 radical (unpaired) electrons. The Hall–Kier alpha value is -2.76. The highest BCUT2D eigenvalue weighted by molar-refractivity contribution is 5.93. The van der Waals surface area contributed by atoms with E-state index in [2.05, 4.69) is 22.4 Å². The molecule has 6 nitrogen and oxygen atoms in total. The van der Waals surface area contributed by atoms with Gasteiger partial charge >= 0.3 is 0 Å². The summed E-state index contributed by atoms with van der Waals surface area (Å²) in [7, 11) is 3.47. The minimum absolute atomic E-state index is 0.0435. The van der Waals surface area contributed by atoms with Gasteiger partial charge in [0.1, 0.15) is 5.82 Å². The lowest BCUT2D eigenvalue weighted by Gasteiger charge is -2.18. The standard InChI is InChI=1S/C19H21N3O3/c1-22(2)18(23)13-3-6-17(20-10-13)21-11-19(7-8-19)14-4-5-15-16(9-14)25-12-24-15/h3-6,9-10H,7-8,11-12H2,1-2H3,(H,20,21). The lowest BCUT2D eigenvalue weighted by atomic mass is 9.95. The Morgan fingerprint density at radius 2 is 2.00 bits per heavy atom. The van der Waals surface area contributed by atoms with Crippen molar-refractivity contribution in [2.75, 3.05) is 32.7 Å². The number of aromatic nitrogens is 1. The van der Waals surface area contributed by atoms with E-state index in [-0.39, 0.29) is 11.3 Å². The van der Waals surface area contributed by atoms with E-state index in [1.165, 1.54) is 5.56 Å². The molecule has 0 unspecified atom stereocenters. The summed E-state index contributed by atoms with van der Waals surface area (Å²) in [6.07, 6.45) is 3.89. The van der Waals surface area contributed by atoms with Crippen molar-refractivity contribution in [2.24, 2.45) is 0 Å². The minimum atomic E-state index is -0.0435. The SMILES string of the molecule is CN(C)C(=O)c1ccc(NCC2(c3ccc4c(c3)OCO4)CC2)nc1. The van der Waals surface area contributed by atoms with Crippen LogP contribution < -0.4 is 14.8 Å². The fourth-order valence-electron chi connectivity index (χ4n) is 3.09. The van der Waals surface area contributed by atoms with Crippen LogP contribution in [0.25, 0.3) is 0 Å². The Bertz CT molecular complexity index is 798. The molecule has 1 aliphatic heterocycles. The highest BCUT2D eigenvalue weighted by Gasteiger charge is 2.44. The highest BCUT2D eigenvalue weighted by atomic mass is 16.7. The molecule has 1 aromatic heterocycles. The number of nitrogens with zero attached hydrogens (tertiary/aromatic N) is 2. The fraction of sp³-hybridized carbons (Fsp3) is 0.368. The Labute approximate surface area is 146 Å². The summed E-state index contributed by atoms with van der Waals surface area (Å²) in [4.78, 5) is 17.8. The monoisotopic (exact) mass is 339 g/mol. The van der Waals surface area contributed by atoms with Gasteiger partial charge in [-0.2, -0.15) is 0 Å². The van der Waals surface area contributed by atoms with Gasteiger partial charge in [-0.25, -0.2) is 4.98 Å². The summed E-state index contributed by atoms with van der Waals surface area (Å²) in [5, 5.41) is 3.40. The van der Waals surface area contributed by atoms with E-state index in [0.29, 0.717) is 12.4 Å². The zero-order valence-corrected chi connectivity index (χ0v) is 14.4. The van der Waals surface area contributed by atoms with Crippen LogP contribution in [0.5, 0.6) is 11.5 Å². The number of carbonyl (C=O) groups excluding carboxylic acids is 1. The second-order valence-electron chi connectivity index (χ2n) is 6.83. The number of amides is 1. The van der Waals surface area contributed by atoms with Gasteiger partial charge in [0.25, 0.3) is 5.91 Å². The molecule has 2 heterocycles. The molecule has 1 amide bonds. The number of nitrogens with one attached hydrogen (secondary N) is 1. The first-order chi connectivity index (χ1) is 12.1. The number of pyridine rings is 1. The second kappa shape index (κ2) is 5.95. The number of rotatable bonds is 5. The van der Waals surface area contributed by atoms with Crippen molar-refractivity contribution in [1.82, 2.24) is 9.88 Å². The van der Waals surface area contributed by atoms with E-state index in [9.17, 15) is 4.79 Å². The van der Waals surface area contributed by atoms with Crippen LogP contribution in [0.15, 0.2) is 36.5 Å². The molecule has 130 valence electrons. The Morgan fingerprint density at radius 1 is 1.20 bits per heavy atom. The van der Waals surface area contributed by atoms with E-state index in [1.54, 1.807) is 31.3 Å². The second-order valence-corrected chi connectivity index (χ2v) is 6.83. The molecule has 4 rings (SSSR count). The summed E-state index contributed by atoms with van der Waals surface area (Å²) >= 11 is 0. The number of ether oxygens (including phenoxy) is 2. The van der Waals surface area contributed by atoms with Crippen molar-refractivity contribution in [3.8, 4) is 11.5 Å². The maximum absolute atomic E-state index is 11.9. The largest absolute Gasteiger partial charge is 0.454 e. The molecule has 1 aromatic carbocycles. The third kappa shape index (κ3) is 2.99. The van der Waals surface area contributed by atoms with Crippen molar-refractivity contribution >= 4 is 11.7 Å². The predicted octanol–water partition coefficient (Wildman–Crippen LogP) is 2.66. The van der Waals surface area contributed by atoms with Gasteiger partial charge in [0.05, 0.1) is 5.56 Å². The molecule has 25 heavy (non-hydrogen) atoms. The number of carbonyl (C=O) groups is 1. The third-order valence-corrected chi connectivity index (χ3v) is 4.86. The van der Waals surface area contributed by atoms with Gasteiger partial charge in [-0.05, 0) is 42.7 Å². The van der Waals surface area contributed by atoms with Crippen LogP contribution in [-0.4, -0.2) is 43.2 Å². The van der Waals surface area contributed by atoms with Gasteiger partial charge < -0.3 is 19.7 Å². The molecule has 0 saturated heterocycles. The zero-order chi connectivity index (χ0) is 17.4. The first kappa shape index (κ1) is 15.7. The third-order valence-electron chi connectivity index (χ3n) is 4.86. The summed E-state index contributed by atoms with van der Waals surface area (Å²) in [5.41, 5.74) is 1.98. The number of anilines is 1. The number of benzene rings is 1. The molecule has 0 bridgehead atoms. The molecule has 1 aliphatic carbocycles. The summed E-state index contributed by atoms with van der Waals surface area (Å²) in [6, 6.07) is 9.85. The van der Waals surface area contributed by atoms with Gasteiger partial charge in [-0.1, -0.05) is 6.07 Å². The highest BCUT2D eigenvalue weighted by Crippen LogP contribution is 2.50. The number of fused-ring (bicyclic) bond motifs is 1. The number of hydrogen-bond donors (Lipinski definition) is 1. The Morgan fingerprint density at radius 3 is 2.68 bits per heavy atom. The van der Waals surface area contributed by atoms with Crippen LogP contribution in [0.1, 0.15) is 28.8 Å². The first-order valence-electron chi connectivity index (χ1n) is 8.39. The van der Waals surface area contributed by atoms with Crippen molar-refractivity contribution in [3.63, 3.8) is 0 Å². The molecule has 2 aromatic rings. The van der Waals surface area contributed by atoms with Gasteiger partial charge in [0, 0.05) is 32.3 Å². The smallest absolute Gasteiger partial charge is 0.254 e. The quantitative estimate of drug-likeness (QED) is 0.907. The first-order valence-corrected chi connectivity index (χ1v) is 8.39. The van der Waals surface area contributed by atoms with Crippen molar-refractivity contribution in [3.05, 3.63) is 47.7 Å². The molecule has 1 fully saturated rings. The fourth-order valence-corrected chi connectivity index (χ4v) is 3.09. The lowest BCUT2D eigenvalue weighted by molar-refractivity contribution is 0.0827. The molecule has 0 atom stereocenters. The van der Waals surface area contributed by atoms with Crippen LogP contribution in [-0.2, 0) is 5.41 Å². The van der Waals surface area contributed by atoms with Crippen molar-refractivity contribution < 1.29 is 14.3 Å². The summed E-state index contributed by atoms with van der Waals surface area (Å²) < 4.78 is 10.9. The molecular formula is C19H21N3O3. The summed E-state index contributed by atoms with van der Waals surface area (Å²) in [5.74, 6) is 2.38. The van der Waals surface area contributed by atoms with E-state index in [1.807, 2.05) is 12.1 Å². The van der Waals surface area contributed by atoms with Crippen LogP contribution in [0.2, 0.25) is 0 Å². The van der Waals surface area contributed by atoms with Gasteiger partial charge in [-0.3, -0.25) is 4.79 Å². The van der Waals surface area contributed by atoms with Gasteiger partial charge in [0.15, 0.2) is 11.5 Å². The predicted molar refractivity (Wildman–Crippen MR) is 94.2 cm³/mol. The average Bonchev–Trinajstić information content (AvgIpc) is 3.28. The topological polar surface area (TPSA) is 63.7 Å². The van der Waals surface area contributed by atoms with Crippen molar-refractivity contribution in [1.29, 1.82) is 0 Å². The molecule has 0 spiro atoms. The normalized spacial score (nSPS) is 16.4. The average molecular weight is 339 g/mol. The molecule has 1 N–H and O–H groups in total. The maximum Gasteiger partial charge on any atom is 0.254 e. The van der Waals surface area contributed by atoms with E-state index in [4.69, 9.17) is 9.47 Å². The van der Waals surface area contributed by atoms with Crippen LogP contribution in [0.4, 0.5) is 5.82 Å². The van der Waals surface area contributed by atoms with Crippen LogP contribution >= 0.6 is 0 Å². The zero-order valence-electron chi connectivity index (χ0n) is 14.4. The summed E-state index contributed by atoms with van der Waals surface area (Å²) in [6.45, 7) is 1.10. The van der Waals surface area contributed by atoms with E-state index < -0.39 is 0 Å². The maximum atomic E-state index is 11.9. The van der Waals surface area contributed by atoms with Gasteiger partial charge in [0.2, 0.25) is 6.79 Å². The molecule has 6 heteroatoms. The van der Waals surface area contributed by atoms with Gasteiger partial charge in [-0.15, -0.1) is 0 Å². The molecule has 2 aliphatic rings. The molecule has 1 saturated carbocycles. The Kier molecular flexibility index (Phi) is 3.75. The van der Waals surface area contributed by atoms with Crippen molar-refractivity contribution in [2.45, 2.75) is 18.3 Å². The number of hydrogen-bond acceptors (Lipinski definition) is 5. The Balaban J connectivity index is 1.43. The minimum Gasteiger partial charge on any atom is -0.454 e. The van der Waals surface area contributed by atoms with E-state index >= 15 is 0 Å². The molecular weight excluding hydrogens is 318 g/mol. The van der Waals surface area contributed by atoms with Crippen LogP contribution in [0, 0.1) is 0 Å². The van der Waals surface area contributed by atoms with Crippen LogP contribution in [0.3, 0.4) is 0 Å². The van der Waals surface area contributed by atoms with E-state index in [0.717, 1.165) is 36.7 Å².